The van der Waals surface area contributed by atoms with Crippen LogP contribution in [0, 0.1) is 0 Å². The van der Waals surface area contributed by atoms with Gasteiger partial charge < -0.3 is 9.26 Å². The summed E-state index contributed by atoms with van der Waals surface area (Å²) in [5, 5.41) is 2.27. The lowest BCUT2D eigenvalue weighted by atomic mass is 10.3. The molecule has 1 aliphatic rings. The maximum atomic E-state index is 10.7. The lowest BCUT2D eigenvalue weighted by molar-refractivity contribution is 0.0305. The van der Waals surface area contributed by atoms with Crippen molar-refractivity contribution in [2.75, 3.05) is 26.3 Å². The van der Waals surface area contributed by atoms with Gasteiger partial charge in [0, 0.05) is 19.2 Å². The van der Waals surface area contributed by atoms with Gasteiger partial charge in [0.05, 0.1) is 19.8 Å². The largest absolute Gasteiger partial charge is 0.382 e. The molecular formula is C8H12N2O3. The first kappa shape index (κ1) is 8.52. The molecule has 0 amide bonds. The van der Waals surface area contributed by atoms with Crippen molar-refractivity contribution >= 4 is 0 Å². The molecule has 72 valence electrons. The average molecular weight is 184 g/mol. The summed E-state index contributed by atoms with van der Waals surface area (Å²) in [6, 6.07) is 1.48. The van der Waals surface area contributed by atoms with Gasteiger partial charge in [0.15, 0.2) is 5.76 Å². The van der Waals surface area contributed by atoms with Crippen LogP contribution in [0.25, 0.3) is 0 Å². The molecule has 0 aromatic carbocycles. The number of aromatic nitrogens is 1. The van der Waals surface area contributed by atoms with Crippen LogP contribution in [-0.2, 0) is 11.3 Å². The molecule has 0 bridgehead atoms. The van der Waals surface area contributed by atoms with Crippen molar-refractivity contribution < 1.29 is 9.26 Å². The van der Waals surface area contributed by atoms with E-state index >= 15 is 0 Å². The number of rotatable bonds is 2. The van der Waals surface area contributed by atoms with Crippen molar-refractivity contribution in [3.05, 3.63) is 22.2 Å². The van der Waals surface area contributed by atoms with Crippen LogP contribution in [0.2, 0.25) is 0 Å². The maximum absolute atomic E-state index is 10.7. The average Bonchev–Trinajstić information content (AvgIpc) is 2.53. The third-order valence-corrected chi connectivity index (χ3v) is 2.06. The topological polar surface area (TPSA) is 58.5 Å². The zero-order valence-electron chi connectivity index (χ0n) is 7.28. The molecule has 2 heterocycles. The van der Waals surface area contributed by atoms with E-state index in [1.807, 2.05) is 0 Å². The van der Waals surface area contributed by atoms with E-state index in [0.717, 1.165) is 26.3 Å². The number of morpholine rings is 1. The molecule has 13 heavy (non-hydrogen) atoms. The monoisotopic (exact) mass is 184 g/mol. The van der Waals surface area contributed by atoms with E-state index in [1.54, 1.807) is 0 Å². The fraction of sp³-hybridized carbons (Fsp3) is 0.625. The van der Waals surface area contributed by atoms with Gasteiger partial charge in [0.2, 0.25) is 0 Å². The number of ether oxygens (including phenoxy) is 1. The highest BCUT2D eigenvalue weighted by Crippen LogP contribution is 2.03. The van der Waals surface area contributed by atoms with Crippen molar-refractivity contribution in [3.8, 4) is 0 Å². The Kier molecular flexibility index (Phi) is 2.47. The zero-order valence-corrected chi connectivity index (χ0v) is 7.28. The zero-order chi connectivity index (χ0) is 9.10. The predicted octanol–water partition coefficient (Wildman–Crippen LogP) is -0.200. The minimum absolute atomic E-state index is 0.178. The first-order valence-corrected chi connectivity index (χ1v) is 4.32. The second kappa shape index (κ2) is 3.76. The molecule has 0 aliphatic carbocycles. The number of nitrogens with one attached hydrogen (secondary N) is 1. The third-order valence-electron chi connectivity index (χ3n) is 2.06. The molecule has 5 heteroatoms. The van der Waals surface area contributed by atoms with Crippen molar-refractivity contribution in [2.45, 2.75) is 6.54 Å². The van der Waals surface area contributed by atoms with Gasteiger partial charge in [-0.2, -0.15) is 5.16 Å². The second-order valence-corrected chi connectivity index (χ2v) is 3.07. The highest BCUT2D eigenvalue weighted by molar-refractivity contribution is 4.93. The summed E-state index contributed by atoms with van der Waals surface area (Å²) >= 11 is 0. The van der Waals surface area contributed by atoms with Crippen LogP contribution in [0.5, 0.6) is 0 Å². The molecule has 2 rings (SSSR count). The van der Waals surface area contributed by atoms with Crippen molar-refractivity contribution in [3.63, 3.8) is 0 Å². The van der Waals surface area contributed by atoms with Crippen LogP contribution < -0.4 is 5.56 Å². The Labute approximate surface area is 75.3 Å². The normalized spacial score (nSPS) is 19.1. The minimum Gasteiger partial charge on any atom is -0.382 e. The standard InChI is InChI=1S/C8H12N2O3/c11-8-5-7(13-9-8)6-10-1-3-12-4-2-10/h5H,1-4,6H2,(H,9,11). The minimum atomic E-state index is -0.178. The lowest BCUT2D eigenvalue weighted by Gasteiger charge is -2.25. The molecule has 0 atom stereocenters. The van der Waals surface area contributed by atoms with Crippen LogP contribution in [0.1, 0.15) is 5.76 Å². The number of H-pyrrole nitrogens is 1. The molecule has 0 spiro atoms. The molecule has 0 saturated carbocycles. The van der Waals surface area contributed by atoms with E-state index in [4.69, 9.17) is 9.26 Å². The molecule has 1 N–H and O–H groups in total. The molecule has 5 nitrogen and oxygen atoms in total. The van der Waals surface area contributed by atoms with Gasteiger partial charge in [0.25, 0.3) is 5.56 Å². The molecule has 1 aromatic heterocycles. The SMILES string of the molecule is O=c1cc(CN2CCOCC2)o[nH]1. The van der Waals surface area contributed by atoms with Crippen LogP contribution in [-0.4, -0.2) is 36.4 Å². The summed E-state index contributed by atoms with van der Waals surface area (Å²) in [6.07, 6.45) is 0. The van der Waals surface area contributed by atoms with Crippen LogP contribution >= 0.6 is 0 Å². The first-order valence-electron chi connectivity index (χ1n) is 4.32. The van der Waals surface area contributed by atoms with Gasteiger partial charge in [-0.25, -0.2) is 0 Å². The maximum Gasteiger partial charge on any atom is 0.280 e. The van der Waals surface area contributed by atoms with Gasteiger partial charge in [-0.1, -0.05) is 0 Å². The third kappa shape index (κ3) is 2.19. The molecule has 1 aliphatic heterocycles. The van der Waals surface area contributed by atoms with E-state index in [2.05, 4.69) is 10.1 Å². The van der Waals surface area contributed by atoms with Crippen LogP contribution in [0.3, 0.4) is 0 Å². The Morgan fingerprint density at radius 1 is 1.46 bits per heavy atom. The van der Waals surface area contributed by atoms with Crippen LogP contribution in [0.4, 0.5) is 0 Å². The molecule has 1 fully saturated rings. The Balaban J connectivity index is 1.93. The summed E-state index contributed by atoms with van der Waals surface area (Å²) in [5.74, 6) is 0.687. The number of aromatic amines is 1. The second-order valence-electron chi connectivity index (χ2n) is 3.07. The number of hydrogen-bond acceptors (Lipinski definition) is 4. The van der Waals surface area contributed by atoms with Crippen molar-refractivity contribution in [1.82, 2.24) is 10.1 Å². The van der Waals surface area contributed by atoms with E-state index < -0.39 is 0 Å². The van der Waals surface area contributed by atoms with Gasteiger partial charge in [-0.15, -0.1) is 0 Å². The molecule has 0 unspecified atom stereocenters. The molecular weight excluding hydrogens is 172 g/mol. The van der Waals surface area contributed by atoms with Crippen LogP contribution in [0.15, 0.2) is 15.4 Å². The molecule has 1 aromatic rings. The van der Waals surface area contributed by atoms with Gasteiger partial charge in [-0.3, -0.25) is 9.69 Å². The number of nitrogens with zero attached hydrogens (tertiary/aromatic N) is 1. The molecule has 0 radical (unpaired) electrons. The Bertz CT molecular complexity index is 311. The van der Waals surface area contributed by atoms with Crippen molar-refractivity contribution in [1.29, 1.82) is 0 Å². The highest BCUT2D eigenvalue weighted by Gasteiger charge is 2.12. The fourth-order valence-electron chi connectivity index (χ4n) is 1.38. The summed E-state index contributed by atoms with van der Waals surface area (Å²) in [6.45, 7) is 4.00. The van der Waals surface area contributed by atoms with E-state index in [-0.39, 0.29) is 5.56 Å². The number of hydrogen-bond donors (Lipinski definition) is 1. The van der Waals surface area contributed by atoms with E-state index in [0.29, 0.717) is 12.3 Å². The first-order chi connectivity index (χ1) is 6.34. The quantitative estimate of drug-likeness (QED) is 0.691. The molecule has 1 saturated heterocycles. The van der Waals surface area contributed by atoms with Crippen molar-refractivity contribution in [2.24, 2.45) is 0 Å². The van der Waals surface area contributed by atoms with Gasteiger partial charge >= 0.3 is 0 Å². The summed E-state index contributed by atoms with van der Waals surface area (Å²) in [4.78, 5) is 12.9. The summed E-state index contributed by atoms with van der Waals surface area (Å²) < 4.78 is 10.1. The van der Waals surface area contributed by atoms with E-state index in [9.17, 15) is 4.79 Å². The Hall–Kier alpha value is -1.07. The van der Waals surface area contributed by atoms with E-state index in [1.165, 1.54) is 6.07 Å². The van der Waals surface area contributed by atoms with Gasteiger partial charge in [-0.05, 0) is 0 Å². The smallest absolute Gasteiger partial charge is 0.280 e. The fourth-order valence-corrected chi connectivity index (χ4v) is 1.38. The Morgan fingerprint density at radius 3 is 2.85 bits per heavy atom. The summed E-state index contributed by atoms with van der Waals surface area (Å²) in [5.41, 5.74) is -0.178. The predicted molar refractivity (Wildman–Crippen MR) is 45.4 cm³/mol. The highest BCUT2D eigenvalue weighted by atomic mass is 16.5. The Morgan fingerprint density at radius 2 is 2.23 bits per heavy atom. The lowest BCUT2D eigenvalue weighted by Crippen LogP contribution is -2.35. The van der Waals surface area contributed by atoms with Gasteiger partial charge in [0.1, 0.15) is 0 Å². The summed E-state index contributed by atoms with van der Waals surface area (Å²) in [7, 11) is 0.